The summed E-state index contributed by atoms with van der Waals surface area (Å²) < 4.78 is 26.9. The number of sulfonamides is 1. The van der Waals surface area contributed by atoms with E-state index in [0.717, 1.165) is 25.3 Å². The fraction of sp³-hybridized carbons (Fsp3) is 0.538. The molecule has 1 saturated heterocycles. The summed E-state index contributed by atoms with van der Waals surface area (Å²) in [6.07, 6.45) is 3.24. The number of halogens is 1. The van der Waals surface area contributed by atoms with Gasteiger partial charge in [0.2, 0.25) is 10.0 Å². The predicted molar refractivity (Wildman–Crippen MR) is 79.9 cm³/mol. The average molecular weight is 333 g/mol. The molecule has 1 aliphatic rings. The van der Waals surface area contributed by atoms with E-state index in [1.807, 2.05) is 6.92 Å². The summed E-state index contributed by atoms with van der Waals surface area (Å²) >= 11 is 5.74. The third kappa shape index (κ3) is 3.20. The number of hydrogen-bond acceptors (Lipinski definition) is 4. The number of nitro benzene ring substituents is 1. The molecular weight excluding hydrogens is 316 g/mol. The van der Waals surface area contributed by atoms with Gasteiger partial charge in [-0.1, -0.05) is 24.9 Å². The molecule has 1 atom stereocenters. The molecule has 0 aromatic heterocycles. The Bertz CT molecular complexity index is 648. The number of piperidine rings is 1. The number of benzene rings is 1. The molecule has 1 heterocycles. The fourth-order valence-electron chi connectivity index (χ4n) is 2.68. The molecule has 6 nitrogen and oxygen atoms in total. The fourth-order valence-corrected chi connectivity index (χ4v) is 4.75. The zero-order chi connectivity index (χ0) is 15.6. The Kier molecular flexibility index (Phi) is 4.85. The minimum atomic E-state index is -3.88. The second-order valence-corrected chi connectivity index (χ2v) is 7.34. The predicted octanol–water partition coefficient (Wildman–Crippen LogP) is 3.20. The number of nitro groups is 1. The number of nitrogens with zero attached hydrogens (tertiary/aromatic N) is 2. The maximum Gasteiger partial charge on any atom is 0.290 e. The van der Waals surface area contributed by atoms with E-state index >= 15 is 0 Å². The van der Waals surface area contributed by atoms with E-state index in [0.29, 0.717) is 13.0 Å². The van der Waals surface area contributed by atoms with Crippen molar-refractivity contribution in [2.45, 2.75) is 43.5 Å². The van der Waals surface area contributed by atoms with E-state index in [4.69, 9.17) is 11.6 Å². The topological polar surface area (TPSA) is 80.5 Å². The van der Waals surface area contributed by atoms with Crippen molar-refractivity contribution in [2.24, 2.45) is 0 Å². The maximum atomic E-state index is 12.8. The second kappa shape index (κ2) is 6.29. The van der Waals surface area contributed by atoms with Gasteiger partial charge < -0.3 is 0 Å². The van der Waals surface area contributed by atoms with Crippen molar-refractivity contribution in [1.82, 2.24) is 4.31 Å². The molecule has 0 amide bonds. The highest BCUT2D eigenvalue weighted by molar-refractivity contribution is 7.89. The molecule has 0 unspecified atom stereocenters. The highest BCUT2D eigenvalue weighted by Gasteiger charge is 2.36. The lowest BCUT2D eigenvalue weighted by Crippen LogP contribution is -2.43. The summed E-state index contributed by atoms with van der Waals surface area (Å²) in [7, 11) is -3.88. The van der Waals surface area contributed by atoms with Gasteiger partial charge in [-0.25, -0.2) is 8.42 Å². The molecule has 8 heteroatoms. The van der Waals surface area contributed by atoms with Crippen LogP contribution in [0.5, 0.6) is 0 Å². The van der Waals surface area contributed by atoms with Crippen molar-refractivity contribution in [3.8, 4) is 0 Å². The van der Waals surface area contributed by atoms with Crippen molar-refractivity contribution in [2.75, 3.05) is 6.54 Å². The quantitative estimate of drug-likeness (QED) is 0.626. The molecule has 1 aliphatic heterocycles. The van der Waals surface area contributed by atoms with Gasteiger partial charge in [0, 0.05) is 23.7 Å². The first-order chi connectivity index (χ1) is 9.87. The number of rotatable bonds is 4. The molecule has 0 radical (unpaired) electrons. The first-order valence-corrected chi connectivity index (χ1v) is 8.65. The van der Waals surface area contributed by atoms with E-state index in [2.05, 4.69) is 0 Å². The molecular formula is C13H17ClN2O4S. The summed E-state index contributed by atoms with van der Waals surface area (Å²) in [5, 5.41) is 11.3. The van der Waals surface area contributed by atoms with Gasteiger partial charge >= 0.3 is 0 Å². The SMILES string of the molecule is CC[C@H]1CCCCN1S(=O)(=O)c1ccc(Cl)cc1[N+](=O)[O-]. The van der Waals surface area contributed by atoms with Crippen LogP contribution in [0, 0.1) is 10.1 Å². The van der Waals surface area contributed by atoms with Gasteiger partial charge in [-0.3, -0.25) is 10.1 Å². The van der Waals surface area contributed by atoms with Gasteiger partial charge in [-0.2, -0.15) is 4.31 Å². The molecule has 0 N–H and O–H groups in total. The van der Waals surface area contributed by atoms with E-state index in [1.165, 1.54) is 16.4 Å². The summed E-state index contributed by atoms with van der Waals surface area (Å²) in [6, 6.07) is 3.57. The molecule has 1 aromatic rings. The van der Waals surface area contributed by atoms with Crippen LogP contribution in [-0.4, -0.2) is 30.2 Å². The standard InChI is InChI=1S/C13H17ClN2O4S/c1-2-11-5-3-4-8-15(11)21(19,20)13-7-6-10(14)9-12(13)16(17)18/h6-7,9,11H,2-5,8H2,1H3/t11-/m0/s1. The zero-order valence-corrected chi connectivity index (χ0v) is 13.2. The van der Waals surface area contributed by atoms with Crippen LogP contribution in [0.15, 0.2) is 23.1 Å². The molecule has 21 heavy (non-hydrogen) atoms. The molecule has 0 saturated carbocycles. The van der Waals surface area contributed by atoms with Crippen molar-refractivity contribution < 1.29 is 13.3 Å². The molecule has 0 spiro atoms. The Morgan fingerprint density at radius 1 is 1.43 bits per heavy atom. The lowest BCUT2D eigenvalue weighted by atomic mass is 10.0. The largest absolute Gasteiger partial charge is 0.290 e. The van der Waals surface area contributed by atoms with Gasteiger partial charge in [-0.15, -0.1) is 0 Å². The molecule has 116 valence electrons. The van der Waals surface area contributed by atoms with Crippen molar-refractivity contribution in [3.05, 3.63) is 33.3 Å². The van der Waals surface area contributed by atoms with Crippen LogP contribution in [0.25, 0.3) is 0 Å². The van der Waals surface area contributed by atoms with Crippen molar-refractivity contribution in [3.63, 3.8) is 0 Å². The Balaban J connectivity index is 2.51. The zero-order valence-electron chi connectivity index (χ0n) is 11.7. The third-order valence-corrected chi connectivity index (χ3v) is 5.98. The van der Waals surface area contributed by atoms with Crippen molar-refractivity contribution in [1.29, 1.82) is 0 Å². The molecule has 1 fully saturated rings. The lowest BCUT2D eigenvalue weighted by Gasteiger charge is -2.33. The van der Waals surface area contributed by atoms with Crippen LogP contribution < -0.4 is 0 Å². The Morgan fingerprint density at radius 2 is 2.14 bits per heavy atom. The van der Waals surface area contributed by atoms with E-state index in [9.17, 15) is 18.5 Å². The first kappa shape index (κ1) is 16.2. The second-order valence-electron chi connectivity index (χ2n) is 5.04. The summed E-state index contributed by atoms with van der Waals surface area (Å²) in [6.45, 7) is 2.33. The average Bonchev–Trinajstić information content (AvgIpc) is 2.46. The Hall–Kier alpha value is -1.18. The van der Waals surface area contributed by atoms with Crippen molar-refractivity contribution >= 4 is 27.3 Å². The van der Waals surface area contributed by atoms with Gasteiger partial charge in [0.05, 0.1) is 4.92 Å². The van der Waals surface area contributed by atoms with E-state index in [1.54, 1.807) is 0 Å². The summed E-state index contributed by atoms with van der Waals surface area (Å²) in [5.41, 5.74) is -0.470. The lowest BCUT2D eigenvalue weighted by molar-refractivity contribution is -0.387. The van der Waals surface area contributed by atoms with Crippen LogP contribution in [0.3, 0.4) is 0 Å². The van der Waals surface area contributed by atoms with E-state index in [-0.39, 0.29) is 16.0 Å². The highest BCUT2D eigenvalue weighted by Crippen LogP contribution is 2.33. The number of hydrogen-bond donors (Lipinski definition) is 0. The summed E-state index contributed by atoms with van der Waals surface area (Å²) in [4.78, 5) is 10.1. The smallest absolute Gasteiger partial charge is 0.258 e. The molecule has 2 rings (SSSR count). The minimum absolute atomic E-state index is 0.0981. The van der Waals surface area contributed by atoms with Gasteiger partial charge in [0.25, 0.3) is 5.69 Å². The third-order valence-electron chi connectivity index (χ3n) is 3.75. The van der Waals surface area contributed by atoms with Crippen LogP contribution in [0.2, 0.25) is 5.02 Å². The van der Waals surface area contributed by atoms with Gasteiger partial charge in [0.15, 0.2) is 4.90 Å². The Morgan fingerprint density at radius 3 is 2.76 bits per heavy atom. The molecule has 0 bridgehead atoms. The Labute approximate surface area is 128 Å². The molecule has 0 aliphatic carbocycles. The normalized spacial score (nSPS) is 20.4. The van der Waals surface area contributed by atoms with Gasteiger partial charge in [-0.05, 0) is 31.4 Å². The van der Waals surface area contributed by atoms with Crippen LogP contribution >= 0.6 is 11.6 Å². The highest BCUT2D eigenvalue weighted by atomic mass is 35.5. The molecule has 1 aromatic carbocycles. The van der Waals surface area contributed by atoms with E-state index < -0.39 is 20.6 Å². The van der Waals surface area contributed by atoms with Crippen LogP contribution in [0.4, 0.5) is 5.69 Å². The van der Waals surface area contributed by atoms with Crippen LogP contribution in [0.1, 0.15) is 32.6 Å². The first-order valence-electron chi connectivity index (χ1n) is 6.83. The summed E-state index contributed by atoms with van der Waals surface area (Å²) in [5.74, 6) is 0. The maximum absolute atomic E-state index is 12.8. The van der Waals surface area contributed by atoms with Crippen LogP contribution in [-0.2, 0) is 10.0 Å². The monoisotopic (exact) mass is 332 g/mol. The van der Waals surface area contributed by atoms with Gasteiger partial charge in [0.1, 0.15) is 0 Å². The minimum Gasteiger partial charge on any atom is -0.258 e.